The number of halogens is 4. The number of alkyl halides is 3. The molecule has 0 aliphatic heterocycles. The van der Waals surface area contributed by atoms with Crippen LogP contribution in [0.1, 0.15) is 21.6 Å². The Morgan fingerprint density at radius 3 is 2.65 bits per heavy atom. The number of hydrogen-bond donors (Lipinski definition) is 0. The van der Waals surface area contributed by atoms with Gasteiger partial charge in [0.15, 0.2) is 17.3 Å². The zero-order chi connectivity index (χ0) is 25.9. The SMILES string of the molecule is Cn1cc(C(=O)c2cnn(-c3cccc4nnsc34)c2C(F)(F)F)c2cc(Cl)c(-c3ncccn3)nc21. The van der Waals surface area contributed by atoms with Crippen LogP contribution in [0.2, 0.25) is 5.02 Å². The maximum absolute atomic E-state index is 14.4. The van der Waals surface area contributed by atoms with Crippen LogP contribution in [0.25, 0.3) is 38.5 Å². The fourth-order valence-corrected chi connectivity index (χ4v) is 5.00. The molecule has 0 saturated carbocycles. The van der Waals surface area contributed by atoms with Crippen molar-refractivity contribution in [2.24, 2.45) is 7.05 Å². The molecule has 37 heavy (non-hydrogen) atoms. The topological polar surface area (TPSA) is 104 Å². The van der Waals surface area contributed by atoms with E-state index in [1.165, 1.54) is 35.3 Å². The van der Waals surface area contributed by atoms with Crippen molar-refractivity contribution in [3.8, 4) is 17.2 Å². The maximum Gasteiger partial charge on any atom is 0.434 e. The molecule has 184 valence electrons. The quantitative estimate of drug-likeness (QED) is 0.286. The van der Waals surface area contributed by atoms with Crippen LogP contribution in [-0.4, -0.2) is 44.7 Å². The van der Waals surface area contributed by atoms with E-state index in [0.717, 1.165) is 17.7 Å². The highest BCUT2D eigenvalue weighted by Gasteiger charge is 2.41. The highest BCUT2D eigenvalue weighted by molar-refractivity contribution is 7.13. The van der Waals surface area contributed by atoms with Crippen molar-refractivity contribution >= 4 is 50.2 Å². The van der Waals surface area contributed by atoms with E-state index in [0.29, 0.717) is 20.5 Å². The van der Waals surface area contributed by atoms with Crippen LogP contribution in [0, 0.1) is 0 Å². The Balaban J connectivity index is 1.52. The lowest BCUT2D eigenvalue weighted by molar-refractivity contribution is -0.143. The summed E-state index contributed by atoms with van der Waals surface area (Å²) in [7, 11) is 1.63. The lowest BCUT2D eigenvalue weighted by atomic mass is 10.0. The molecule has 9 nitrogen and oxygen atoms in total. The summed E-state index contributed by atoms with van der Waals surface area (Å²) in [5.74, 6) is -0.601. The third-order valence-corrected chi connectivity index (χ3v) is 6.74. The Kier molecular flexibility index (Phi) is 5.28. The molecule has 0 aliphatic rings. The summed E-state index contributed by atoms with van der Waals surface area (Å²) in [5.41, 5.74) is -0.664. The second-order valence-electron chi connectivity index (χ2n) is 7.96. The van der Waals surface area contributed by atoms with E-state index < -0.39 is 23.2 Å². The van der Waals surface area contributed by atoms with E-state index in [-0.39, 0.29) is 33.2 Å². The van der Waals surface area contributed by atoms with Gasteiger partial charge in [0.2, 0.25) is 0 Å². The molecule has 0 aliphatic carbocycles. The number of benzene rings is 1. The summed E-state index contributed by atoms with van der Waals surface area (Å²) in [6.45, 7) is 0. The van der Waals surface area contributed by atoms with E-state index in [1.54, 1.807) is 25.2 Å². The standard InChI is InChI=1S/C23H12ClF3N8OS/c1-34-10-13(11-8-14(24)17(31-22(11)34)21-28-6-3-7-29-21)18(36)12-9-30-35(20(12)23(25,26)27)16-5-2-4-15-19(16)37-33-32-15/h2-10H,1H3. The molecule has 5 heterocycles. The molecular formula is C23H12ClF3N8OS. The van der Waals surface area contributed by atoms with E-state index in [2.05, 4.69) is 29.6 Å². The van der Waals surface area contributed by atoms with E-state index in [9.17, 15) is 18.0 Å². The first-order chi connectivity index (χ1) is 17.7. The maximum atomic E-state index is 14.4. The summed E-state index contributed by atoms with van der Waals surface area (Å²) in [6.07, 6.45) is 0.503. The molecular weight excluding hydrogens is 529 g/mol. The Morgan fingerprint density at radius 2 is 1.89 bits per heavy atom. The van der Waals surface area contributed by atoms with Crippen molar-refractivity contribution in [1.82, 2.24) is 38.9 Å². The number of hydrogen-bond acceptors (Lipinski definition) is 8. The first-order valence-electron chi connectivity index (χ1n) is 10.6. The van der Waals surface area contributed by atoms with Gasteiger partial charge in [-0.1, -0.05) is 22.2 Å². The molecule has 0 unspecified atom stereocenters. The first-order valence-corrected chi connectivity index (χ1v) is 11.7. The second kappa shape index (κ2) is 8.42. The number of pyridine rings is 1. The number of ketones is 1. The predicted octanol–water partition coefficient (Wildman–Crippen LogP) is 5.12. The summed E-state index contributed by atoms with van der Waals surface area (Å²) >= 11 is 7.37. The molecule has 0 N–H and O–H groups in total. The van der Waals surface area contributed by atoms with Crippen molar-refractivity contribution < 1.29 is 18.0 Å². The molecule has 0 radical (unpaired) electrons. The number of aromatic nitrogens is 8. The van der Waals surface area contributed by atoms with Gasteiger partial charge in [-0.05, 0) is 35.8 Å². The molecule has 0 atom stereocenters. The lowest BCUT2D eigenvalue weighted by Crippen LogP contribution is -2.18. The van der Waals surface area contributed by atoms with Gasteiger partial charge in [-0.25, -0.2) is 19.6 Å². The Bertz CT molecular complexity index is 1830. The molecule has 0 spiro atoms. The average molecular weight is 541 g/mol. The minimum Gasteiger partial charge on any atom is -0.335 e. The van der Waals surface area contributed by atoms with Gasteiger partial charge >= 0.3 is 6.18 Å². The highest BCUT2D eigenvalue weighted by Crippen LogP contribution is 2.38. The highest BCUT2D eigenvalue weighted by atomic mass is 35.5. The normalized spacial score (nSPS) is 12.0. The van der Waals surface area contributed by atoms with Crippen LogP contribution in [-0.2, 0) is 13.2 Å². The van der Waals surface area contributed by atoms with Gasteiger partial charge in [0.05, 0.1) is 22.5 Å². The summed E-state index contributed by atoms with van der Waals surface area (Å²) in [6, 6.07) is 7.76. The number of carbonyl (C=O) groups excluding carboxylic acids is 1. The fraction of sp³-hybridized carbons (Fsp3) is 0.0870. The summed E-state index contributed by atoms with van der Waals surface area (Å²) < 4.78 is 49.5. The minimum absolute atomic E-state index is 0.00449. The van der Waals surface area contributed by atoms with Gasteiger partial charge in [-0.2, -0.15) is 18.3 Å². The largest absolute Gasteiger partial charge is 0.434 e. The van der Waals surface area contributed by atoms with Crippen LogP contribution in [0.4, 0.5) is 13.2 Å². The molecule has 0 saturated heterocycles. The van der Waals surface area contributed by atoms with Crippen LogP contribution in [0.3, 0.4) is 0 Å². The second-order valence-corrected chi connectivity index (χ2v) is 9.12. The fourth-order valence-electron chi connectivity index (χ4n) is 4.10. The van der Waals surface area contributed by atoms with Crippen molar-refractivity contribution in [2.45, 2.75) is 6.18 Å². The van der Waals surface area contributed by atoms with Crippen molar-refractivity contribution in [3.05, 3.63) is 77.0 Å². The molecule has 0 bridgehead atoms. The Hall–Kier alpha value is -4.23. The third-order valence-electron chi connectivity index (χ3n) is 5.69. The van der Waals surface area contributed by atoms with Crippen LogP contribution < -0.4 is 0 Å². The molecule has 1 aromatic carbocycles. The number of rotatable bonds is 4. The lowest BCUT2D eigenvalue weighted by Gasteiger charge is -2.12. The number of aryl methyl sites for hydroxylation is 1. The van der Waals surface area contributed by atoms with Gasteiger partial charge in [-0.3, -0.25) is 4.79 Å². The molecule has 14 heteroatoms. The summed E-state index contributed by atoms with van der Waals surface area (Å²) in [4.78, 5) is 26.4. The zero-order valence-electron chi connectivity index (χ0n) is 18.6. The zero-order valence-corrected chi connectivity index (χ0v) is 20.2. The molecule has 6 rings (SSSR count). The van der Waals surface area contributed by atoms with Crippen molar-refractivity contribution in [3.63, 3.8) is 0 Å². The average Bonchev–Trinajstić information content (AvgIpc) is 3.60. The van der Waals surface area contributed by atoms with Crippen LogP contribution in [0.15, 0.2) is 55.1 Å². The van der Waals surface area contributed by atoms with Gasteiger partial charge in [0, 0.05) is 36.6 Å². The van der Waals surface area contributed by atoms with Gasteiger partial charge in [0.1, 0.15) is 21.6 Å². The minimum atomic E-state index is -4.89. The molecule has 0 fully saturated rings. The third kappa shape index (κ3) is 3.74. The van der Waals surface area contributed by atoms with Gasteiger partial charge in [-0.15, -0.1) is 5.10 Å². The van der Waals surface area contributed by atoms with Crippen LogP contribution in [0.5, 0.6) is 0 Å². The monoisotopic (exact) mass is 540 g/mol. The van der Waals surface area contributed by atoms with Crippen molar-refractivity contribution in [2.75, 3.05) is 0 Å². The number of nitrogens with zero attached hydrogens (tertiary/aromatic N) is 8. The number of carbonyl (C=O) groups is 1. The van der Waals surface area contributed by atoms with Crippen LogP contribution >= 0.6 is 23.1 Å². The van der Waals surface area contributed by atoms with E-state index in [4.69, 9.17) is 11.6 Å². The smallest absolute Gasteiger partial charge is 0.335 e. The van der Waals surface area contributed by atoms with Gasteiger partial charge in [0.25, 0.3) is 0 Å². The molecule has 0 amide bonds. The Labute approximate surface area is 214 Å². The van der Waals surface area contributed by atoms with E-state index >= 15 is 0 Å². The van der Waals surface area contributed by atoms with E-state index in [1.807, 2.05) is 0 Å². The summed E-state index contributed by atoms with van der Waals surface area (Å²) in [5, 5.41) is 8.29. The Morgan fingerprint density at radius 1 is 1.11 bits per heavy atom. The molecule has 5 aromatic heterocycles. The van der Waals surface area contributed by atoms with Gasteiger partial charge < -0.3 is 4.57 Å². The van der Waals surface area contributed by atoms with Crippen molar-refractivity contribution in [1.29, 1.82) is 0 Å². The number of fused-ring (bicyclic) bond motifs is 2. The molecule has 6 aromatic rings. The predicted molar refractivity (Wildman–Crippen MR) is 130 cm³/mol. The first kappa shape index (κ1) is 23.2.